The molecule has 1 unspecified atom stereocenters. The second-order valence-electron chi connectivity index (χ2n) is 7.09. The summed E-state index contributed by atoms with van der Waals surface area (Å²) in [6, 6.07) is 13.3. The molecule has 158 valence electrons. The van der Waals surface area contributed by atoms with Crippen molar-refractivity contribution in [3.05, 3.63) is 75.7 Å². The summed E-state index contributed by atoms with van der Waals surface area (Å²) in [5.74, 6) is 0.0928. The van der Waals surface area contributed by atoms with E-state index in [4.69, 9.17) is 10.5 Å². The number of amides is 1. The van der Waals surface area contributed by atoms with Crippen LogP contribution in [-0.4, -0.2) is 16.2 Å². The molecule has 0 bridgehead atoms. The van der Waals surface area contributed by atoms with Gasteiger partial charge in [0.05, 0.1) is 12.1 Å². The van der Waals surface area contributed by atoms with Crippen LogP contribution in [0.1, 0.15) is 53.9 Å². The van der Waals surface area contributed by atoms with E-state index in [1.807, 2.05) is 30.3 Å². The highest BCUT2D eigenvalue weighted by atomic mass is 32.1. The quantitative estimate of drug-likeness (QED) is 0.410. The topological polar surface area (TPSA) is 97.5 Å². The second kappa shape index (κ2) is 10.6. The molecule has 0 fully saturated rings. The number of hydrogen-bond donors (Lipinski definition) is 3. The van der Waals surface area contributed by atoms with Crippen molar-refractivity contribution in [3.8, 4) is 5.75 Å². The molecule has 0 saturated heterocycles. The Morgan fingerprint density at radius 3 is 2.77 bits per heavy atom. The molecule has 1 aromatic heterocycles. The van der Waals surface area contributed by atoms with Crippen molar-refractivity contribution in [3.63, 3.8) is 0 Å². The number of aromatic hydroxyl groups is 1. The zero-order valence-electron chi connectivity index (χ0n) is 17.0. The van der Waals surface area contributed by atoms with Gasteiger partial charge < -0.3 is 20.9 Å². The molecule has 0 saturated carbocycles. The Labute approximate surface area is 180 Å². The smallest absolute Gasteiger partial charge is 0.408 e. The number of hydrogen-bond acceptors (Lipinski definition) is 6. The number of unbranched alkanes of at least 4 members (excludes halogenated alkanes) is 1. The number of phenolic OH excluding ortho intramolecular Hbond substituents is 1. The van der Waals surface area contributed by atoms with Gasteiger partial charge in [-0.3, -0.25) is 4.98 Å². The van der Waals surface area contributed by atoms with Gasteiger partial charge in [0.2, 0.25) is 0 Å². The molecule has 0 aliphatic heterocycles. The molecule has 1 atom stereocenters. The Kier molecular flexibility index (Phi) is 7.68. The highest BCUT2D eigenvalue weighted by Gasteiger charge is 2.22. The molecule has 0 radical (unpaired) electrons. The van der Waals surface area contributed by atoms with E-state index >= 15 is 0 Å². The van der Waals surface area contributed by atoms with Crippen LogP contribution in [0, 0.1) is 0 Å². The first kappa shape index (κ1) is 21.6. The van der Waals surface area contributed by atoms with Crippen molar-refractivity contribution >= 4 is 23.1 Å². The third kappa shape index (κ3) is 5.73. The number of carbonyl (C=O) groups is 1. The van der Waals surface area contributed by atoms with Gasteiger partial charge in [-0.2, -0.15) is 0 Å². The summed E-state index contributed by atoms with van der Waals surface area (Å²) in [5, 5.41) is 13.7. The molecule has 0 spiro atoms. The molecule has 1 amide bonds. The average molecular weight is 426 g/mol. The van der Waals surface area contributed by atoms with Gasteiger partial charge in [-0.1, -0.05) is 43.7 Å². The van der Waals surface area contributed by atoms with Crippen molar-refractivity contribution in [1.82, 2.24) is 10.3 Å². The minimum Gasteiger partial charge on any atom is -0.507 e. The summed E-state index contributed by atoms with van der Waals surface area (Å²) in [7, 11) is 0. The lowest BCUT2D eigenvalue weighted by Gasteiger charge is -2.21. The maximum absolute atomic E-state index is 12.4. The lowest BCUT2D eigenvalue weighted by atomic mass is 9.95. The lowest BCUT2D eigenvalue weighted by Crippen LogP contribution is -2.25. The van der Waals surface area contributed by atoms with E-state index in [2.05, 4.69) is 17.2 Å². The van der Waals surface area contributed by atoms with Crippen LogP contribution in [-0.2, 0) is 17.7 Å². The molecule has 3 aromatic rings. The van der Waals surface area contributed by atoms with Gasteiger partial charge in [0, 0.05) is 34.3 Å². The number of aromatic nitrogens is 1. The first-order valence-electron chi connectivity index (χ1n) is 10.0. The Morgan fingerprint density at radius 2 is 2.07 bits per heavy atom. The number of alkyl carbamates (subject to hydrolysis) is 1. The summed E-state index contributed by atoms with van der Waals surface area (Å²) >= 11 is 1.47. The van der Waals surface area contributed by atoms with E-state index in [1.165, 1.54) is 11.3 Å². The van der Waals surface area contributed by atoms with Crippen LogP contribution >= 0.6 is 11.3 Å². The highest BCUT2D eigenvalue weighted by molar-refractivity contribution is 7.09. The zero-order chi connectivity index (χ0) is 21.3. The number of carbonyl (C=O) groups excluding carboxylic acids is 1. The normalized spacial score (nSPS) is 11.8. The molecule has 3 rings (SSSR count). The predicted octanol–water partition coefficient (Wildman–Crippen LogP) is 5.18. The maximum atomic E-state index is 12.4. The van der Waals surface area contributed by atoms with Crippen LogP contribution in [0.25, 0.3) is 0 Å². The maximum Gasteiger partial charge on any atom is 0.408 e. The van der Waals surface area contributed by atoms with E-state index in [1.54, 1.807) is 23.8 Å². The number of rotatable bonds is 9. The predicted molar refractivity (Wildman–Crippen MR) is 119 cm³/mol. The molecule has 0 aliphatic rings. The average Bonchev–Trinajstić information content (AvgIpc) is 3.27. The SMILES string of the molecule is CCCCC(OC(=O)NCc1cncs1)c1ccc(N)c(Cc2ccccc2)c1O. The minimum atomic E-state index is -0.554. The first-order chi connectivity index (χ1) is 14.6. The van der Waals surface area contributed by atoms with Crippen LogP contribution in [0.15, 0.2) is 54.2 Å². The summed E-state index contributed by atoms with van der Waals surface area (Å²) in [6.45, 7) is 2.43. The Bertz CT molecular complexity index is 946. The van der Waals surface area contributed by atoms with E-state index in [9.17, 15) is 9.90 Å². The number of nitrogens with zero attached hydrogens (tertiary/aromatic N) is 1. The fourth-order valence-corrected chi connectivity index (χ4v) is 3.78. The van der Waals surface area contributed by atoms with Crippen LogP contribution in [0.5, 0.6) is 5.75 Å². The number of thiazole rings is 1. The van der Waals surface area contributed by atoms with Crippen molar-refractivity contribution in [2.24, 2.45) is 0 Å². The molecular formula is C23H27N3O3S. The van der Waals surface area contributed by atoms with Gasteiger partial charge in [0.25, 0.3) is 0 Å². The number of ether oxygens (including phenoxy) is 1. The number of nitrogen functional groups attached to an aromatic ring is 1. The van der Waals surface area contributed by atoms with Gasteiger partial charge in [-0.25, -0.2) is 4.79 Å². The molecule has 0 aliphatic carbocycles. The number of nitrogens with one attached hydrogen (secondary N) is 1. The summed E-state index contributed by atoms with van der Waals surface area (Å²) in [4.78, 5) is 17.3. The number of benzene rings is 2. The van der Waals surface area contributed by atoms with E-state index < -0.39 is 12.2 Å². The fourth-order valence-electron chi connectivity index (χ4n) is 3.24. The summed E-state index contributed by atoms with van der Waals surface area (Å²) in [5.41, 5.74) is 10.7. The number of phenols is 1. The van der Waals surface area contributed by atoms with Crippen LogP contribution in [0.2, 0.25) is 0 Å². The number of anilines is 1. The lowest BCUT2D eigenvalue weighted by molar-refractivity contribution is 0.0893. The standard InChI is InChI=1S/C23H27N3O3S/c1-2-3-9-21(29-23(28)26-14-17-13-25-15-30-17)18-10-11-20(24)19(22(18)27)12-16-7-5-4-6-8-16/h4-8,10-11,13,15,21,27H,2-3,9,12,14,24H2,1H3,(H,26,28). The van der Waals surface area contributed by atoms with E-state index in [-0.39, 0.29) is 5.75 Å². The van der Waals surface area contributed by atoms with Crippen molar-refractivity contribution in [2.45, 2.75) is 45.3 Å². The molecule has 4 N–H and O–H groups in total. The Morgan fingerprint density at radius 1 is 1.27 bits per heavy atom. The molecule has 30 heavy (non-hydrogen) atoms. The van der Waals surface area contributed by atoms with Crippen LogP contribution in [0.3, 0.4) is 0 Å². The third-order valence-corrected chi connectivity index (χ3v) is 5.66. The summed E-state index contributed by atoms with van der Waals surface area (Å²) in [6.07, 6.45) is 3.57. The monoisotopic (exact) mass is 425 g/mol. The summed E-state index contributed by atoms with van der Waals surface area (Å²) < 4.78 is 5.70. The molecule has 7 heteroatoms. The zero-order valence-corrected chi connectivity index (χ0v) is 17.8. The first-order valence-corrected chi connectivity index (χ1v) is 10.9. The fraction of sp³-hybridized carbons (Fsp3) is 0.304. The largest absolute Gasteiger partial charge is 0.507 e. The van der Waals surface area contributed by atoms with Gasteiger partial charge in [0.15, 0.2) is 0 Å². The third-order valence-electron chi connectivity index (χ3n) is 4.88. The minimum absolute atomic E-state index is 0.0928. The molecule has 2 aromatic carbocycles. The van der Waals surface area contributed by atoms with Crippen LogP contribution < -0.4 is 11.1 Å². The number of nitrogens with two attached hydrogens (primary N) is 1. The van der Waals surface area contributed by atoms with Gasteiger partial charge >= 0.3 is 6.09 Å². The van der Waals surface area contributed by atoms with E-state index in [0.717, 1.165) is 23.3 Å². The second-order valence-corrected chi connectivity index (χ2v) is 8.06. The van der Waals surface area contributed by atoms with Gasteiger partial charge in [0.1, 0.15) is 11.9 Å². The Balaban J connectivity index is 1.78. The van der Waals surface area contributed by atoms with Gasteiger partial charge in [-0.15, -0.1) is 11.3 Å². The van der Waals surface area contributed by atoms with Crippen molar-refractivity contribution in [2.75, 3.05) is 5.73 Å². The molecule has 6 nitrogen and oxygen atoms in total. The van der Waals surface area contributed by atoms with E-state index in [0.29, 0.717) is 36.2 Å². The molecular weight excluding hydrogens is 398 g/mol. The van der Waals surface area contributed by atoms with Crippen molar-refractivity contribution < 1.29 is 14.6 Å². The highest BCUT2D eigenvalue weighted by Crippen LogP contribution is 2.37. The van der Waals surface area contributed by atoms with Crippen molar-refractivity contribution in [1.29, 1.82) is 0 Å². The molecule has 1 heterocycles. The van der Waals surface area contributed by atoms with Gasteiger partial charge in [-0.05, 0) is 30.5 Å². The Hall–Kier alpha value is -3.06. The van der Waals surface area contributed by atoms with Crippen LogP contribution in [0.4, 0.5) is 10.5 Å².